The zero-order valence-electron chi connectivity index (χ0n) is 9.42. The maximum atomic E-state index is 12.0. The lowest BCUT2D eigenvalue weighted by molar-refractivity contribution is -0.121. The van der Waals surface area contributed by atoms with E-state index in [0.29, 0.717) is 0 Å². The van der Waals surface area contributed by atoms with Gasteiger partial charge in [-0.05, 0) is 36.0 Å². The zero-order valence-corrected chi connectivity index (χ0v) is 11.1. The predicted octanol–water partition coefficient (Wildman–Crippen LogP) is 3.14. The van der Waals surface area contributed by atoms with E-state index in [-0.39, 0.29) is 4.90 Å². The van der Waals surface area contributed by atoms with Crippen LogP contribution in [-0.2, 0) is 10.0 Å². The van der Waals surface area contributed by atoms with E-state index in [4.69, 9.17) is 0 Å². The third-order valence-electron chi connectivity index (χ3n) is 1.83. The fourth-order valence-corrected chi connectivity index (χ4v) is 2.63. The quantitative estimate of drug-likeness (QED) is 0.677. The summed E-state index contributed by atoms with van der Waals surface area (Å²) in [6.45, 7) is -1.76. The maximum absolute atomic E-state index is 12.0. The molecule has 1 aromatic rings. The highest BCUT2D eigenvalue weighted by Gasteiger charge is 2.31. The Hall–Kier alpha value is -0.940. The second-order valence-electron chi connectivity index (χ2n) is 3.46. The second-order valence-corrected chi connectivity index (χ2v) is 6.36. The molecule has 0 aliphatic carbocycles. The summed E-state index contributed by atoms with van der Waals surface area (Å²) in [4.78, 5) is -0.819. The first-order valence-corrected chi connectivity index (χ1v) is 7.11. The van der Waals surface area contributed by atoms with E-state index < -0.39 is 44.9 Å². The fraction of sp³-hybridized carbons (Fsp3) is 0.333. The average Bonchev–Trinajstić information content (AvgIpc) is 2.24. The van der Waals surface area contributed by atoms with E-state index in [2.05, 4.69) is 0 Å². The Morgan fingerprint density at radius 1 is 1.00 bits per heavy atom. The summed E-state index contributed by atoms with van der Waals surface area (Å²) >= 11 is -0.458. The Morgan fingerprint density at radius 3 is 1.90 bits per heavy atom. The third kappa shape index (κ3) is 6.01. The zero-order chi connectivity index (χ0) is 15.6. The highest BCUT2D eigenvalue weighted by Crippen LogP contribution is 2.36. The van der Waals surface area contributed by atoms with Crippen molar-refractivity contribution in [3.8, 4) is 0 Å². The molecule has 1 aromatic carbocycles. The van der Waals surface area contributed by atoms with Crippen molar-refractivity contribution in [1.82, 2.24) is 4.72 Å². The van der Waals surface area contributed by atoms with Crippen molar-refractivity contribution in [2.75, 3.05) is 6.54 Å². The van der Waals surface area contributed by atoms with Gasteiger partial charge >= 0.3 is 11.7 Å². The van der Waals surface area contributed by atoms with Crippen LogP contribution in [0.1, 0.15) is 0 Å². The van der Waals surface area contributed by atoms with Gasteiger partial charge in [0.1, 0.15) is 6.54 Å². The molecule has 11 heteroatoms. The van der Waals surface area contributed by atoms with Gasteiger partial charge in [0.2, 0.25) is 10.0 Å². The monoisotopic (exact) mass is 339 g/mol. The molecular weight excluding hydrogens is 332 g/mol. The van der Waals surface area contributed by atoms with Gasteiger partial charge in [-0.3, -0.25) is 0 Å². The van der Waals surface area contributed by atoms with Crippen LogP contribution in [0, 0.1) is 0 Å². The minimum absolute atomic E-state index is 0.271. The summed E-state index contributed by atoms with van der Waals surface area (Å²) in [5.41, 5.74) is -4.53. The number of hydrogen-bond donors (Lipinski definition) is 1. The highest BCUT2D eigenvalue weighted by molar-refractivity contribution is 8.00. The van der Waals surface area contributed by atoms with Gasteiger partial charge in [0.25, 0.3) is 0 Å². The van der Waals surface area contributed by atoms with Crippen LogP contribution in [-0.4, -0.2) is 26.6 Å². The molecule has 0 aliphatic rings. The molecular formula is C9H7F6NO2S2. The summed E-state index contributed by atoms with van der Waals surface area (Å²) in [6.07, 6.45) is -4.72. The van der Waals surface area contributed by atoms with Crippen molar-refractivity contribution in [1.29, 1.82) is 0 Å². The van der Waals surface area contributed by atoms with E-state index in [1.807, 2.05) is 0 Å². The smallest absolute Gasteiger partial charge is 0.207 e. The molecule has 0 atom stereocenters. The van der Waals surface area contributed by atoms with Crippen molar-refractivity contribution >= 4 is 21.8 Å². The fourth-order valence-electron chi connectivity index (χ4n) is 1.08. The van der Waals surface area contributed by atoms with Crippen LogP contribution in [0.2, 0.25) is 0 Å². The van der Waals surface area contributed by atoms with E-state index in [9.17, 15) is 34.8 Å². The van der Waals surface area contributed by atoms with Crippen molar-refractivity contribution in [2.45, 2.75) is 21.5 Å². The van der Waals surface area contributed by atoms with Gasteiger partial charge in [-0.15, -0.1) is 0 Å². The summed E-state index contributed by atoms with van der Waals surface area (Å²) in [5, 5.41) is 0. The Morgan fingerprint density at radius 2 is 1.50 bits per heavy atom. The lowest BCUT2D eigenvalue weighted by Crippen LogP contribution is -2.33. The van der Waals surface area contributed by atoms with E-state index >= 15 is 0 Å². The normalized spacial score (nSPS) is 13.5. The number of sulfonamides is 1. The van der Waals surface area contributed by atoms with Gasteiger partial charge in [0.05, 0.1) is 4.90 Å². The molecule has 1 N–H and O–H groups in total. The van der Waals surface area contributed by atoms with Crippen molar-refractivity contribution in [3.05, 3.63) is 24.3 Å². The number of thioether (sulfide) groups is 1. The van der Waals surface area contributed by atoms with E-state index in [0.717, 1.165) is 24.3 Å². The molecule has 0 aromatic heterocycles. The predicted molar refractivity (Wildman–Crippen MR) is 59.6 cm³/mol. The lowest BCUT2D eigenvalue weighted by Gasteiger charge is -2.10. The maximum Gasteiger partial charge on any atom is 0.446 e. The summed E-state index contributed by atoms with van der Waals surface area (Å²) in [7, 11) is -4.41. The van der Waals surface area contributed by atoms with Gasteiger partial charge in [0.15, 0.2) is 0 Å². The van der Waals surface area contributed by atoms with Crippen molar-refractivity contribution < 1.29 is 34.8 Å². The van der Waals surface area contributed by atoms with Crippen LogP contribution in [0.5, 0.6) is 0 Å². The van der Waals surface area contributed by atoms with Gasteiger partial charge < -0.3 is 0 Å². The molecule has 0 fully saturated rings. The number of benzene rings is 1. The minimum atomic E-state index is -4.72. The van der Waals surface area contributed by atoms with Gasteiger partial charge in [0, 0.05) is 4.90 Å². The molecule has 0 radical (unpaired) electrons. The SMILES string of the molecule is O=S(=O)(NCC(F)(F)F)c1ccc(SC(F)(F)F)cc1. The molecule has 0 bridgehead atoms. The van der Waals surface area contributed by atoms with E-state index in [1.165, 1.54) is 4.72 Å². The summed E-state index contributed by atoms with van der Waals surface area (Å²) in [5.74, 6) is 0. The highest BCUT2D eigenvalue weighted by atomic mass is 32.2. The third-order valence-corrected chi connectivity index (χ3v) is 3.99. The molecule has 0 aliphatic heterocycles. The van der Waals surface area contributed by atoms with Crippen LogP contribution < -0.4 is 4.72 Å². The van der Waals surface area contributed by atoms with Crippen LogP contribution in [0.4, 0.5) is 26.3 Å². The molecule has 0 unspecified atom stereocenters. The Balaban J connectivity index is 2.82. The topological polar surface area (TPSA) is 46.2 Å². The molecule has 0 saturated heterocycles. The molecule has 20 heavy (non-hydrogen) atoms. The first-order valence-electron chi connectivity index (χ1n) is 4.81. The number of halogens is 6. The molecule has 0 saturated carbocycles. The van der Waals surface area contributed by atoms with Gasteiger partial charge in [-0.25, -0.2) is 13.1 Å². The Kier molecular flexibility index (Phi) is 4.98. The molecule has 114 valence electrons. The van der Waals surface area contributed by atoms with Crippen LogP contribution in [0.3, 0.4) is 0 Å². The van der Waals surface area contributed by atoms with Crippen molar-refractivity contribution in [3.63, 3.8) is 0 Å². The molecule has 0 spiro atoms. The largest absolute Gasteiger partial charge is 0.446 e. The number of alkyl halides is 6. The van der Waals surface area contributed by atoms with Gasteiger partial charge in [-0.2, -0.15) is 26.3 Å². The number of hydrogen-bond acceptors (Lipinski definition) is 3. The van der Waals surface area contributed by atoms with Crippen molar-refractivity contribution in [2.24, 2.45) is 0 Å². The number of rotatable bonds is 4. The lowest BCUT2D eigenvalue weighted by atomic mass is 10.4. The Labute approximate surface area is 114 Å². The van der Waals surface area contributed by atoms with Crippen LogP contribution in [0.15, 0.2) is 34.1 Å². The van der Waals surface area contributed by atoms with Crippen LogP contribution >= 0.6 is 11.8 Å². The molecule has 1 rings (SSSR count). The Bertz CT molecular complexity index is 549. The summed E-state index contributed by atoms with van der Waals surface area (Å²) in [6, 6.07) is 3.32. The van der Waals surface area contributed by atoms with Crippen LogP contribution in [0.25, 0.3) is 0 Å². The second kappa shape index (κ2) is 5.82. The summed E-state index contributed by atoms with van der Waals surface area (Å²) < 4.78 is 96.0. The molecule has 0 amide bonds. The minimum Gasteiger partial charge on any atom is -0.207 e. The number of nitrogens with one attached hydrogen (secondary N) is 1. The molecule has 0 heterocycles. The standard InChI is InChI=1S/C9H7F6NO2S2/c10-8(11,12)5-16-20(17,18)7-3-1-6(2-4-7)19-9(13,14)15/h1-4,16H,5H2. The van der Waals surface area contributed by atoms with E-state index in [1.54, 1.807) is 0 Å². The average molecular weight is 339 g/mol. The first kappa shape index (κ1) is 17.1. The van der Waals surface area contributed by atoms with Gasteiger partial charge in [-0.1, -0.05) is 0 Å². The molecule has 3 nitrogen and oxygen atoms in total. The first-order chi connectivity index (χ1) is 8.89.